The van der Waals surface area contributed by atoms with Gasteiger partial charge in [-0.05, 0) is 48.7 Å². The Bertz CT molecular complexity index is 1170. The molecule has 1 saturated heterocycles. The number of para-hydroxylation sites is 1. The van der Waals surface area contributed by atoms with Crippen LogP contribution in [0.2, 0.25) is 0 Å². The van der Waals surface area contributed by atoms with Gasteiger partial charge in [0.15, 0.2) is 0 Å². The molecule has 0 radical (unpaired) electrons. The van der Waals surface area contributed by atoms with Gasteiger partial charge in [-0.2, -0.15) is 0 Å². The quantitative estimate of drug-likeness (QED) is 0.497. The molecule has 0 spiro atoms. The van der Waals surface area contributed by atoms with Crippen LogP contribution < -0.4 is 15.8 Å². The molecule has 35 heavy (non-hydrogen) atoms. The minimum absolute atomic E-state index is 0.122. The van der Waals surface area contributed by atoms with Crippen molar-refractivity contribution in [2.24, 2.45) is 5.73 Å². The largest absolute Gasteiger partial charge is 0.457 e. The van der Waals surface area contributed by atoms with E-state index in [2.05, 4.69) is 5.32 Å². The summed E-state index contributed by atoms with van der Waals surface area (Å²) in [6.45, 7) is 0.540. The van der Waals surface area contributed by atoms with Gasteiger partial charge >= 0.3 is 0 Å². The summed E-state index contributed by atoms with van der Waals surface area (Å²) in [5.74, 6) is 0.173. The first kappa shape index (κ1) is 24.0. The van der Waals surface area contributed by atoms with Crippen LogP contribution in [0.5, 0.6) is 11.5 Å². The molecule has 3 aromatic rings. The highest BCUT2D eigenvalue weighted by Crippen LogP contribution is 2.24. The summed E-state index contributed by atoms with van der Waals surface area (Å²) < 4.78 is 5.85. The molecule has 3 N–H and O–H groups in total. The standard InChI is InChI=1S/C28H29N3O4/c29-26(32)19-22-12-8-16-31(22)28(34)25(17-20-9-3-1-4-10-20)30-27(33)21-11-7-15-24(18-21)35-23-13-5-2-6-14-23/h1-7,9-11,13-15,18,22,25H,8,12,16-17,19H2,(H2,29,32)(H,30,33)/t22?,25-/m0/s1. The normalized spacial score (nSPS) is 15.9. The SMILES string of the molecule is NC(=O)CC1CCCN1C(=O)[C@H](Cc1ccccc1)NC(=O)c1cccc(Oc2ccccc2)c1. The first-order chi connectivity index (χ1) is 17.0. The molecule has 1 aliphatic heterocycles. The van der Waals surface area contributed by atoms with E-state index in [0.717, 1.165) is 18.4 Å². The lowest BCUT2D eigenvalue weighted by molar-refractivity contribution is -0.134. The van der Waals surface area contributed by atoms with Crippen molar-refractivity contribution in [2.75, 3.05) is 6.54 Å². The lowest BCUT2D eigenvalue weighted by Crippen LogP contribution is -2.51. The molecule has 180 valence electrons. The van der Waals surface area contributed by atoms with Crippen molar-refractivity contribution >= 4 is 17.7 Å². The zero-order chi connectivity index (χ0) is 24.6. The number of likely N-dealkylation sites (tertiary alicyclic amines) is 1. The Hall–Kier alpha value is -4.13. The minimum atomic E-state index is -0.780. The van der Waals surface area contributed by atoms with Crippen LogP contribution in [0.25, 0.3) is 0 Å². The molecule has 0 aliphatic carbocycles. The monoisotopic (exact) mass is 471 g/mol. The maximum Gasteiger partial charge on any atom is 0.252 e. The number of hydrogen-bond donors (Lipinski definition) is 2. The van der Waals surface area contributed by atoms with E-state index in [0.29, 0.717) is 30.0 Å². The van der Waals surface area contributed by atoms with Crippen molar-refractivity contribution < 1.29 is 19.1 Å². The Morgan fingerprint density at radius 3 is 2.34 bits per heavy atom. The van der Waals surface area contributed by atoms with Crippen molar-refractivity contribution in [3.63, 3.8) is 0 Å². The number of nitrogens with zero attached hydrogens (tertiary/aromatic N) is 1. The number of nitrogens with two attached hydrogens (primary N) is 1. The highest BCUT2D eigenvalue weighted by Gasteiger charge is 2.34. The van der Waals surface area contributed by atoms with Gasteiger partial charge in [-0.15, -0.1) is 0 Å². The molecule has 3 aromatic carbocycles. The van der Waals surface area contributed by atoms with E-state index in [1.807, 2.05) is 60.7 Å². The molecular formula is C28H29N3O4. The predicted octanol–water partition coefficient (Wildman–Crippen LogP) is 3.69. The van der Waals surface area contributed by atoms with E-state index in [9.17, 15) is 14.4 Å². The lowest BCUT2D eigenvalue weighted by Gasteiger charge is -2.29. The second kappa shape index (κ2) is 11.3. The molecule has 7 nitrogen and oxygen atoms in total. The van der Waals surface area contributed by atoms with E-state index in [1.54, 1.807) is 29.2 Å². The summed E-state index contributed by atoms with van der Waals surface area (Å²) in [6, 6.07) is 24.7. The van der Waals surface area contributed by atoms with Crippen LogP contribution in [-0.2, 0) is 16.0 Å². The number of ether oxygens (including phenoxy) is 1. The molecule has 1 unspecified atom stereocenters. The van der Waals surface area contributed by atoms with Crippen LogP contribution in [0.3, 0.4) is 0 Å². The highest BCUT2D eigenvalue weighted by molar-refractivity contribution is 5.98. The van der Waals surface area contributed by atoms with Gasteiger partial charge in [-0.3, -0.25) is 14.4 Å². The Labute approximate surface area is 204 Å². The summed E-state index contributed by atoms with van der Waals surface area (Å²) >= 11 is 0. The average Bonchev–Trinajstić information content (AvgIpc) is 3.32. The number of carbonyl (C=O) groups is 3. The van der Waals surface area contributed by atoms with E-state index < -0.39 is 11.9 Å². The third kappa shape index (κ3) is 6.47. The molecule has 0 bridgehead atoms. The van der Waals surface area contributed by atoms with Crippen molar-refractivity contribution in [3.05, 3.63) is 96.1 Å². The fourth-order valence-corrected chi connectivity index (χ4v) is 4.39. The Balaban J connectivity index is 1.52. The zero-order valence-electron chi connectivity index (χ0n) is 19.4. The lowest BCUT2D eigenvalue weighted by atomic mass is 10.0. The molecule has 0 aromatic heterocycles. The molecular weight excluding hydrogens is 442 g/mol. The predicted molar refractivity (Wildman–Crippen MR) is 133 cm³/mol. The topological polar surface area (TPSA) is 102 Å². The fourth-order valence-electron chi connectivity index (χ4n) is 4.39. The number of benzene rings is 3. The summed E-state index contributed by atoms with van der Waals surface area (Å²) in [7, 11) is 0. The third-order valence-electron chi connectivity index (χ3n) is 6.06. The van der Waals surface area contributed by atoms with Gasteiger partial charge in [0.05, 0.1) is 0 Å². The summed E-state index contributed by atoms with van der Waals surface area (Å²) in [4.78, 5) is 40.0. The number of carbonyl (C=O) groups excluding carboxylic acids is 3. The van der Waals surface area contributed by atoms with Crippen LogP contribution in [0.4, 0.5) is 0 Å². The van der Waals surface area contributed by atoms with E-state index in [4.69, 9.17) is 10.5 Å². The molecule has 4 rings (SSSR count). The Morgan fingerprint density at radius 2 is 1.63 bits per heavy atom. The van der Waals surface area contributed by atoms with Crippen molar-refractivity contribution in [3.8, 4) is 11.5 Å². The highest BCUT2D eigenvalue weighted by atomic mass is 16.5. The second-order valence-corrected chi connectivity index (χ2v) is 8.66. The first-order valence-electron chi connectivity index (χ1n) is 11.8. The van der Waals surface area contributed by atoms with E-state index in [-0.39, 0.29) is 24.3 Å². The van der Waals surface area contributed by atoms with Gasteiger partial charge in [0.2, 0.25) is 11.8 Å². The first-order valence-corrected chi connectivity index (χ1v) is 11.8. The van der Waals surface area contributed by atoms with E-state index >= 15 is 0 Å². The number of rotatable bonds is 9. The van der Waals surface area contributed by atoms with Crippen molar-refractivity contribution in [1.29, 1.82) is 0 Å². The van der Waals surface area contributed by atoms with Gasteiger partial charge < -0.3 is 20.7 Å². The maximum atomic E-state index is 13.6. The molecule has 7 heteroatoms. The Kier molecular flexibility index (Phi) is 7.77. The van der Waals surface area contributed by atoms with Gasteiger partial charge in [-0.25, -0.2) is 0 Å². The molecule has 2 atom stereocenters. The maximum absolute atomic E-state index is 13.6. The minimum Gasteiger partial charge on any atom is -0.457 e. The van der Waals surface area contributed by atoms with Gasteiger partial charge in [-0.1, -0.05) is 54.6 Å². The van der Waals surface area contributed by atoms with Crippen LogP contribution >= 0.6 is 0 Å². The van der Waals surface area contributed by atoms with Crippen LogP contribution in [0.15, 0.2) is 84.9 Å². The van der Waals surface area contributed by atoms with Crippen LogP contribution in [-0.4, -0.2) is 41.2 Å². The summed E-state index contributed by atoms with van der Waals surface area (Å²) in [6.07, 6.45) is 1.98. The number of amides is 3. The molecule has 1 heterocycles. The smallest absolute Gasteiger partial charge is 0.252 e. The number of nitrogens with one attached hydrogen (secondary N) is 1. The van der Waals surface area contributed by atoms with E-state index in [1.165, 1.54) is 0 Å². The second-order valence-electron chi connectivity index (χ2n) is 8.66. The van der Waals surface area contributed by atoms with Crippen LogP contribution in [0, 0.1) is 0 Å². The van der Waals surface area contributed by atoms with Gasteiger partial charge in [0.1, 0.15) is 17.5 Å². The van der Waals surface area contributed by atoms with Gasteiger partial charge in [0.25, 0.3) is 5.91 Å². The molecule has 0 saturated carbocycles. The zero-order valence-corrected chi connectivity index (χ0v) is 19.4. The van der Waals surface area contributed by atoms with Gasteiger partial charge in [0, 0.05) is 31.0 Å². The third-order valence-corrected chi connectivity index (χ3v) is 6.06. The molecule has 3 amide bonds. The Morgan fingerprint density at radius 1 is 0.943 bits per heavy atom. The molecule has 1 fully saturated rings. The average molecular weight is 472 g/mol. The summed E-state index contributed by atoms with van der Waals surface area (Å²) in [5, 5.41) is 2.92. The summed E-state index contributed by atoms with van der Waals surface area (Å²) in [5.41, 5.74) is 6.72. The van der Waals surface area contributed by atoms with Crippen LogP contribution in [0.1, 0.15) is 35.2 Å². The number of primary amides is 1. The fraction of sp³-hybridized carbons (Fsp3) is 0.250. The number of hydrogen-bond acceptors (Lipinski definition) is 4. The van der Waals surface area contributed by atoms with Crippen molar-refractivity contribution in [1.82, 2.24) is 10.2 Å². The molecule has 1 aliphatic rings. The van der Waals surface area contributed by atoms with Crippen molar-refractivity contribution in [2.45, 2.75) is 37.8 Å².